The minimum Gasteiger partial charge on any atom is -0.462 e. The molecule has 0 aliphatic carbocycles. The van der Waals surface area contributed by atoms with Crippen LogP contribution >= 0.6 is 7.82 Å². The number of carbonyl (C=O) groups is 2. The average molecular weight is 777 g/mol. The van der Waals surface area contributed by atoms with Gasteiger partial charge in [-0.2, -0.15) is 0 Å². The Hall–Kier alpha value is -1.63. The molecule has 13 heteroatoms. The Balaban J connectivity index is 2.34. The van der Waals surface area contributed by atoms with E-state index in [1.54, 1.807) is 12.2 Å². The third kappa shape index (κ3) is 28.4. The third-order valence-electron chi connectivity index (χ3n) is 9.45. The van der Waals surface area contributed by atoms with Crippen molar-refractivity contribution in [3.05, 3.63) is 24.3 Å². The Labute approximate surface area is 319 Å². The number of aliphatic hydroxyl groups is 3. The molecule has 1 aliphatic heterocycles. The topological polar surface area (TPSA) is 189 Å². The molecule has 0 bridgehead atoms. The fourth-order valence-corrected chi connectivity index (χ4v) is 6.66. The molecule has 0 saturated carbocycles. The maximum absolute atomic E-state index is 12.4. The quantitative estimate of drug-likeness (QED) is 0.0192. The van der Waals surface area contributed by atoms with Gasteiger partial charge in [0, 0.05) is 25.2 Å². The molecule has 0 spiro atoms. The second-order valence-electron chi connectivity index (χ2n) is 15.0. The van der Waals surface area contributed by atoms with Crippen molar-refractivity contribution < 1.29 is 58.0 Å². The second kappa shape index (κ2) is 30.6. The number of aliphatic hydroxyl groups excluding tert-OH is 3. The van der Waals surface area contributed by atoms with Crippen LogP contribution in [-0.2, 0) is 32.9 Å². The highest BCUT2D eigenvalue weighted by molar-refractivity contribution is 7.46. The molecule has 53 heavy (non-hydrogen) atoms. The van der Waals surface area contributed by atoms with E-state index in [0.29, 0.717) is 32.1 Å². The first kappa shape index (κ1) is 49.4. The number of phosphoric ester groups is 1. The van der Waals surface area contributed by atoms with Crippen LogP contribution in [0.15, 0.2) is 24.3 Å². The zero-order valence-electron chi connectivity index (χ0n) is 32.9. The van der Waals surface area contributed by atoms with Crippen molar-refractivity contribution in [2.45, 2.75) is 193 Å². The van der Waals surface area contributed by atoms with Gasteiger partial charge in [0.25, 0.3) is 0 Å². The summed E-state index contributed by atoms with van der Waals surface area (Å²) in [6, 6.07) is 0. The van der Waals surface area contributed by atoms with Gasteiger partial charge < -0.3 is 39.3 Å². The van der Waals surface area contributed by atoms with E-state index in [-0.39, 0.29) is 31.8 Å². The summed E-state index contributed by atoms with van der Waals surface area (Å²) < 4.78 is 32.0. The van der Waals surface area contributed by atoms with Crippen molar-refractivity contribution >= 4 is 19.8 Å². The third-order valence-corrected chi connectivity index (χ3v) is 9.93. The van der Waals surface area contributed by atoms with Gasteiger partial charge in [0.05, 0.1) is 24.9 Å². The van der Waals surface area contributed by atoms with Crippen molar-refractivity contribution in [2.75, 3.05) is 13.2 Å². The lowest BCUT2D eigenvalue weighted by Gasteiger charge is -2.36. The van der Waals surface area contributed by atoms with E-state index in [1.165, 1.54) is 51.4 Å². The fourth-order valence-electron chi connectivity index (χ4n) is 6.30. The maximum Gasteiger partial charge on any atom is 0.469 e. The lowest BCUT2D eigenvalue weighted by molar-refractivity contribution is -0.199. The minimum absolute atomic E-state index is 0.0747. The molecule has 1 heterocycles. The zero-order valence-corrected chi connectivity index (χ0v) is 33.8. The van der Waals surface area contributed by atoms with Crippen LogP contribution in [0.2, 0.25) is 0 Å². The molecular weight excluding hydrogens is 703 g/mol. The van der Waals surface area contributed by atoms with Crippen molar-refractivity contribution in [2.24, 2.45) is 11.8 Å². The summed E-state index contributed by atoms with van der Waals surface area (Å²) in [4.78, 5) is 43.0. The van der Waals surface area contributed by atoms with Crippen molar-refractivity contribution in [1.29, 1.82) is 0 Å². The summed E-state index contributed by atoms with van der Waals surface area (Å²) in [5, 5.41) is 30.8. The maximum atomic E-state index is 12.4. The number of hydrogen-bond donors (Lipinski definition) is 5. The summed E-state index contributed by atoms with van der Waals surface area (Å²) in [5.74, 6) is -0.597. The van der Waals surface area contributed by atoms with Crippen molar-refractivity contribution in [3.63, 3.8) is 0 Å². The molecule has 1 rings (SSSR count). The molecule has 1 saturated heterocycles. The summed E-state index contributed by atoms with van der Waals surface area (Å²) in [6.07, 6.45) is 22.4. The number of rotatable bonds is 32. The molecule has 1 unspecified atom stereocenters. The molecule has 0 amide bonds. The van der Waals surface area contributed by atoms with Crippen LogP contribution < -0.4 is 0 Å². The largest absolute Gasteiger partial charge is 0.469 e. The first-order valence-electron chi connectivity index (χ1n) is 20.4. The van der Waals surface area contributed by atoms with Gasteiger partial charge in [-0.15, -0.1) is 0 Å². The van der Waals surface area contributed by atoms with Gasteiger partial charge in [-0.3, -0.25) is 14.1 Å². The van der Waals surface area contributed by atoms with E-state index in [0.717, 1.165) is 44.4 Å². The second-order valence-corrected chi connectivity index (χ2v) is 16.2. The Kier molecular flexibility index (Phi) is 28.5. The molecule has 0 aromatic heterocycles. The van der Waals surface area contributed by atoms with E-state index >= 15 is 0 Å². The van der Waals surface area contributed by atoms with Crippen LogP contribution in [0.5, 0.6) is 0 Å². The van der Waals surface area contributed by atoms with Gasteiger partial charge in [0.2, 0.25) is 0 Å². The molecule has 1 aliphatic rings. The van der Waals surface area contributed by atoms with E-state index < -0.39 is 57.1 Å². The lowest BCUT2D eigenvalue weighted by Crippen LogP contribution is -2.43. The van der Waals surface area contributed by atoms with Crippen molar-refractivity contribution in [1.82, 2.24) is 0 Å². The smallest absolute Gasteiger partial charge is 0.462 e. The van der Waals surface area contributed by atoms with E-state index in [4.69, 9.17) is 24.0 Å². The standard InChI is InChI=1S/C40H73O12P/c1-4-5-17-23-33(41)27-28-37-35(36(42)29-40(45)52-37)24-19-15-16-20-25-38(43)49-30-34(31-50-53(46,47)48)51-39(44)26-21-14-12-10-8-6-7-9-11-13-18-22-32(2)3/h15,19,27-28,32-37,40-42,45H,4-14,16-18,20-26,29-31H2,1-3H3,(H2,46,47,48)/b19-15-,28-27+/t33-,34+,35-,36-,37+,40?/m0/s1. The van der Waals surface area contributed by atoms with Gasteiger partial charge in [0.1, 0.15) is 6.61 Å². The number of carbonyl (C=O) groups excluding carboxylic acids is 2. The highest BCUT2D eigenvalue weighted by Crippen LogP contribution is 2.36. The van der Waals surface area contributed by atoms with Crippen LogP contribution in [0, 0.1) is 11.8 Å². The number of ether oxygens (including phenoxy) is 3. The molecule has 5 N–H and O–H groups in total. The van der Waals surface area contributed by atoms with Gasteiger partial charge in [-0.05, 0) is 38.0 Å². The number of allylic oxidation sites excluding steroid dienone is 2. The Morgan fingerprint density at radius 3 is 2.04 bits per heavy atom. The first-order valence-corrected chi connectivity index (χ1v) is 21.9. The number of hydrogen-bond acceptors (Lipinski definition) is 10. The predicted molar refractivity (Wildman–Crippen MR) is 206 cm³/mol. The SMILES string of the molecule is CCCCC[C@H](O)/C=C/[C@H]1OC(O)C[C@H](O)[C@@H]1C/C=C\CCCC(=O)OC[C@H](COP(=O)(O)O)OC(=O)CCCCCCCCCCCCCC(C)C. The predicted octanol–water partition coefficient (Wildman–Crippen LogP) is 7.98. The summed E-state index contributed by atoms with van der Waals surface area (Å²) >= 11 is 0. The van der Waals surface area contributed by atoms with Gasteiger partial charge in [0.15, 0.2) is 12.4 Å². The van der Waals surface area contributed by atoms with E-state index in [1.807, 2.05) is 12.2 Å². The minimum atomic E-state index is -4.82. The molecule has 12 nitrogen and oxygen atoms in total. The Morgan fingerprint density at radius 2 is 1.42 bits per heavy atom. The average Bonchev–Trinajstić information content (AvgIpc) is 3.08. The molecule has 0 aromatic carbocycles. The van der Waals surface area contributed by atoms with Gasteiger partial charge in [-0.1, -0.05) is 135 Å². The van der Waals surface area contributed by atoms with Crippen molar-refractivity contribution in [3.8, 4) is 0 Å². The summed E-state index contributed by atoms with van der Waals surface area (Å²) in [6.45, 7) is 5.65. The zero-order chi connectivity index (χ0) is 39.3. The van der Waals surface area contributed by atoms with Gasteiger partial charge >= 0.3 is 19.8 Å². The van der Waals surface area contributed by atoms with Crippen LogP contribution in [-0.4, -0.2) is 81.0 Å². The molecule has 6 atom stereocenters. The normalized spacial score (nSPS) is 20.7. The van der Waals surface area contributed by atoms with Crippen LogP contribution in [0.4, 0.5) is 0 Å². The van der Waals surface area contributed by atoms with Crippen LogP contribution in [0.1, 0.15) is 162 Å². The summed E-state index contributed by atoms with van der Waals surface area (Å²) in [7, 11) is -4.82. The molecular formula is C40H73O12P. The highest BCUT2D eigenvalue weighted by atomic mass is 31.2. The van der Waals surface area contributed by atoms with Crippen LogP contribution in [0.3, 0.4) is 0 Å². The number of unbranched alkanes of at least 4 members (excludes halogenated alkanes) is 13. The fraction of sp³-hybridized carbons (Fsp3) is 0.850. The monoisotopic (exact) mass is 776 g/mol. The molecule has 0 radical (unpaired) electrons. The van der Waals surface area contributed by atoms with Crippen LogP contribution in [0.25, 0.3) is 0 Å². The molecule has 0 aromatic rings. The lowest BCUT2D eigenvalue weighted by atomic mass is 9.87. The Bertz CT molecular complexity index is 1040. The van der Waals surface area contributed by atoms with E-state index in [9.17, 15) is 29.5 Å². The summed E-state index contributed by atoms with van der Waals surface area (Å²) in [5.41, 5.74) is 0. The number of esters is 2. The molecule has 1 fully saturated rings. The first-order chi connectivity index (χ1) is 25.3. The highest BCUT2D eigenvalue weighted by Gasteiger charge is 2.35. The number of phosphoric acid groups is 1. The van der Waals surface area contributed by atoms with E-state index in [2.05, 4.69) is 25.3 Å². The van der Waals surface area contributed by atoms with Gasteiger partial charge in [-0.25, -0.2) is 4.57 Å². The Morgan fingerprint density at radius 1 is 0.811 bits per heavy atom. The molecule has 310 valence electrons.